The minimum atomic E-state index is -4.57. The molecule has 2 rings (SSSR count). The van der Waals surface area contributed by atoms with Crippen LogP contribution in [0.5, 0.6) is 0 Å². The Labute approximate surface area is 93.0 Å². The molecule has 94 valence electrons. The number of hydrogen-bond acceptors (Lipinski definition) is 6. The maximum atomic E-state index is 10.8. The van der Waals surface area contributed by atoms with Crippen molar-refractivity contribution in [1.82, 2.24) is 0 Å². The van der Waals surface area contributed by atoms with Crippen LogP contribution in [0.2, 0.25) is 0 Å². The molecule has 1 unspecified atom stereocenters. The molecule has 0 aliphatic carbocycles. The summed E-state index contributed by atoms with van der Waals surface area (Å²) in [6, 6.07) is 0. The molecule has 0 amide bonds. The van der Waals surface area contributed by atoms with Crippen LogP contribution in [0.3, 0.4) is 0 Å². The van der Waals surface area contributed by atoms with Crippen molar-refractivity contribution >= 4 is 10.1 Å². The van der Waals surface area contributed by atoms with E-state index in [1.54, 1.807) is 13.8 Å². The molecule has 2 heterocycles. The summed E-state index contributed by atoms with van der Waals surface area (Å²) in [5, 5.41) is 9.40. The standard InChI is InChI=1S/C8H14O7S/c1-8(2)14-4-3-13-6(5(4)15-8)7(9)16(10,11)12/h4-7,9H,3H2,1-2H3,(H,10,11,12)/t4-,5-,6-,7?/m0/s1. The molecule has 2 N–H and O–H groups in total. The van der Waals surface area contributed by atoms with Crippen LogP contribution in [0.4, 0.5) is 0 Å². The summed E-state index contributed by atoms with van der Waals surface area (Å²) in [6.45, 7) is 3.50. The van der Waals surface area contributed by atoms with Gasteiger partial charge in [-0.05, 0) is 13.8 Å². The molecule has 0 saturated carbocycles. The van der Waals surface area contributed by atoms with Gasteiger partial charge in [-0.1, -0.05) is 0 Å². The summed E-state index contributed by atoms with van der Waals surface area (Å²) in [6.07, 6.45) is -2.23. The highest BCUT2D eigenvalue weighted by molar-refractivity contribution is 7.86. The average molecular weight is 254 g/mol. The highest BCUT2D eigenvalue weighted by atomic mass is 32.2. The zero-order chi connectivity index (χ0) is 12.1. The second kappa shape index (κ2) is 3.62. The second-order valence-electron chi connectivity index (χ2n) is 4.34. The van der Waals surface area contributed by atoms with E-state index >= 15 is 0 Å². The first-order valence-corrected chi connectivity index (χ1v) is 6.33. The highest BCUT2D eigenvalue weighted by Crippen LogP contribution is 2.36. The van der Waals surface area contributed by atoms with Gasteiger partial charge in [0, 0.05) is 0 Å². The lowest BCUT2D eigenvalue weighted by Crippen LogP contribution is -2.42. The number of aliphatic hydroxyl groups is 1. The van der Waals surface area contributed by atoms with Gasteiger partial charge in [-0.15, -0.1) is 0 Å². The van der Waals surface area contributed by atoms with Gasteiger partial charge >= 0.3 is 0 Å². The van der Waals surface area contributed by atoms with Gasteiger partial charge in [-0.3, -0.25) is 4.55 Å². The van der Waals surface area contributed by atoms with Crippen molar-refractivity contribution in [3.63, 3.8) is 0 Å². The van der Waals surface area contributed by atoms with Crippen molar-refractivity contribution in [3.05, 3.63) is 0 Å². The van der Waals surface area contributed by atoms with Crippen molar-refractivity contribution in [1.29, 1.82) is 0 Å². The average Bonchev–Trinajstić information content (AvgIpc) is 2.56. The smallest absolute Gasteiger partial charge is 0.294 e. The van der Waals surface area contributed by atoms with E-state index in [1.807, 2.05) is 0 Å². The minimum Gasteiger partial charge on any atom is -0.373 e. The van der Waals surface area contributed by atoms with Crippen LogP contribution < -0.4 is 0 Å². The van der Waals surface area contributed by atoms with Crippen LogP contribution in [-0.4, -0.2) is 54.2 Å². The van der Waals surface area contributed by atoms with Crippen LogP contribution in [0.15, 0.2) is 0 Å². The predicted octanol–water partition coefficient (Wildman–Crippen LogP) is -0.888. The highest BCUT2D eigenvalue weighted by Gasteiger charge is 2.54. The fourth-order valence-electron chi connectivity index (χ4n) is 1.99. The van der Waals surface area contributed by atoms with Crippen LogP contribution >= 0.6 is 0 Å². The molecule has 0 aromatic heterocycles. The SMILES string of the molecule is CC1(C)O[C@H]2[C@H](CO[C@@H]2C(O)S(=O)(=O)O)O1. The topological polar surface area (TPSA) is 102 Å². The molecule has 4 atom stereocenters. The Balaban J connectivity index is 2.15. The zero-order valence-corrected chi connectivity index (χ0v) is 9.68. The van der Waals surface area contributed by atoms with E-state index in [0.717, 1.165) is 0 Å². The molecule has 7 nitrogen and oxygen atoms in total. The maximum absolute atomic E-state index is 10.8. The van der Waals surface area contributed by atoms with Gasteiger partial charge in [-0.25, -0.2) is 0 Å². The molecule has 0 radical (unpaired) electrons. The van der Waals surface area contributed by atoms with E-state index in [-0.39, 0.29) is 6.61 Å². The third-order valence-electron chi connectivity index (χ3n) is 2.58. The van der Waals surface area contributed by atoms with Crippen molar-refractivity contribution in [2.45, 2.75) is 43.4 Å². The van der Waals surface area contributed by atoms with Gasteiger partial charge < -0.3 is 19.3 Å². The molecule has 2 fully saturated rings. The first kappa shape index (κ1) is 12.2. The Kier molecular flexibility index (Phi) is 2.76. The summed E-state index contributed by atoms with van der Waals surface area (Å²) in [4.78, 5) is 0. The van der Waals surface area contributed by atoms with Crippen LogP contribution in [-0.2, 0) is 24.3 Å². The first-order chi connectivity index (χ1) is 7.21. The van der Waals surface area contributed by atoms with Crippen LogP contribution in [0.25, 0.3) is 0 Å². The van der Waals surface area contributed by atoms with Gasteiger partial charge in [0.25, 0.3) is 10.1 Å². The van der Waals surface area contributed by atoms with E-state index in [9.17, 15) is 13.5 Å². The summed E-state index contributed by atoms with van der Waals surface area (Å²) in [7, 11) is -4.57. The van der Waals surface area contributed by atoms with E-state index in [0.29, 0.717) is 0 Å². The van der Waals surface area contributed by atoms with Crippen LogP contribution in [0.1, 0.15) is 13.8 Å². The van der Waals surface area contributed by atoms with E-state index < -0.39 is 39.7 Å². The van der Waals surface area contributed by atoms with Gasteiger partial charge in [0.2, 0.25) is 5.44 Å². The number of aliphatic hydroxyl groups excluding tert-OH is 1. The van der Waals surface area contributed by atoms with Crippen molar-refractivity contribution in [2.75, 3.05) is 6.61 Å². The lowest BCUT2D eigenvalue weighted by atomic mass is 10.1. The molecule has 0 spiro atoms. The van der Waals surface area contributed by atoms with E-state index in [2.05, 4.69) is 0 Å². The second-order valence-corrected chi connectivity index (χ2v) is 5.86. The third-order valence-corrected chi connectivity index (χ3v) is 3.46. The van der Waals surface area contributed by atoms with Crippen molar-refractivity contribution in [3.8, 4) is 0 Å². The van der Waals surface area contributed by atoms with E-state index in [4.69, 9.17) is 18.8 Å². The molecule has 0 aromatic carbocycles. The molecule has 0 aromatic rings. The van der Waals surface area contributed by atoms with Gasteiger partial charge in [-0.2, -0.15) is 8.42 Å². The van der Waals surface area contributed by atoms with Crippen LogP contribution in [0, 0.1) is 0 Å². The Morgan fingerprint density at radius 1 is 1.38 bits per heavy atom. The normalized spacial score (nSPS) is 39.6. The Bertz CT molecular complexity index is 376. The summed E-state index contributed by atoms with van der Waals surface area (Å²) < 4.78 is 46.2. The fourth-order valence-corrected chi connectivity index (χ4v) is 2.56. The van der Waals surface area contributed by atoms with Gasteiger partial charge in [0.15, 0.2) is 5.79 Å². The van der Waals surface area contributed by atoms with E-state index in [1.165, 1.54) is 0 Å². The number of ether oxygens (including phenoxy) is 3. The lowest BCUT2D eigenvalue weighted by molar-refractivity contribution is -0.180. The van der Waals surface area contributed by atoms with Crippen molar-refractivity contribution < 1.29 is 32.3 Å². The predicted molar refractivity (Wildman–Crippen MR) is 51.1 cm³/mol. The minimum absolute atomic E-state index is 0.130. The summed E-state index contributed by atoms with van der Waals surface area (Å²) in [5.74, 6) is -0.837. The molecule has 2 aliphatic heterocycles. The molecule has 2 aliphatic rings. The molecular formula is C8H14O7S. The molecule has 2 saturated heterocycles. The lowest BCUT2D eigenvalue weighted by Gasteiger charge is -2.23. The zero-order valence-electron chi connectivity index (χ0n) is 8.86. The quantitative estimate of drug-likeness (QED) is 0.616. The van der Waals surface area contributed by atoms with Crippen molar-refractivity contribution in [2.24, 2.45) is 0 Å². The molecular weight excluding hydrogens is 240 g/mol. The van der Waals surface area contributed by atoms with Gasteiger partial charge in [0.05, 0.1) is 6.61 Å². The summed E-state index contributed by atoms with van der Waals surface area (Å²) in [5.41, 5.74) is -2.01. The molecule has 0 bridgehead atoms. The third kappa shape index (κ3) is 2.08. The Hall–Kier alpha value is -0.250. The Morgan fingerprint density at radius 3 is 2.56 bits per heavy atom. The summed E-state index contributed by atoms with van der Waals surface area (Å²) >= 11 is 0. The number of hydrogen-bond donors (Lipinski definition) is 2. The van der Waals surface area contributed by atoms with Gasteiger partial charge in [0.1, 0.15) is 18.3 Å². The largest absolute Gasteiger partial charge is 0.373 e. The maximum Gasteiger partial charge on any atom is 0.294 e. The molecule has 16 heavy (non-hydrogen) atoms. The fraction of sp³-hybridized carbons (Fsp3) is 1.00. The number of rotatable bonds is 2. The molecule has 8 heteroatoms. The monoisotopic (exact) mass is 254 g/mol. The first-order valence-electron chi connectivity index (χ1n) is 4.82. The Morgan fingerprint density at radius 2 is 2.00 bits per heavy atom. The number of fused-ring (bicyclic) bond motifs is 1.